The minimum atomic E-state index is -0.188. The van der Waals surface area contributed by atoms with E-state index < -0.39 is 0 Å². The largest absolute Gasteiger partial charge is 0.354 e. The number of fused-ring (bicyclic) bond motifs is 1. The number of rotatable bonds is 4. The number of anilines is 2. The van der Waals surface area contributed by atoms with Gasteiger partial charge in [0.2, 0.25) is 5.91 Å². The molecule has 1 unspecified atom stereocenters. The summed E-state index contributed by atoms with van der Waals surface area (Å²) in [6.07, 6.45) is 1.67. The van der Waals surface area contributed by atoms with Crippen LogP contribution in [0.2, 0.25) is 5.02 Å². The first-order chi connectivity index (χ1) is 13.6. The highest BCUT2D eigenvalue weighted by Gasteiger charge is 2.26. The molecule has 28 heavy (non-hydrogen) atoms. The van der Waals surface area contributed by atoms with E-state index in [4.69, 9.17) is 11.6 Å². The Balaban J connectivity index is 1.35. The molecule has 6 heteroatoms. The smallest absolute Gasteiger partial charge is 0.241 e. The van der Waals surface area contributed by atoms with Gasteiger partial charge in [-0.25, -0.2) is 4.98 Å². The molecule has 0 spiro atoms. The van der Waals surface area contributed by atoms with E-state index in [1.807, 2.05) is 49.4 Å². The average Bonchev–Trinajstić information content (AvgIpc) is 2.74. The zero-order valence-corrected chi connectivity index (χ0v) is 16.6. The molecule has 2 aromatic carbocycles. The van der Waals surface area contributed by atoms with Gasteiger partial charge in [-0.15, -0.1) is 0 Å². The quantitative estimate of drug-likeness (QED) is 0.725. The molecule has 3 aromatic rings. The Labute approximate surface area is 169 Å². The molecule has 1 N–H and O–H groups in total. The van der Waals surface area contributed by atoms with Crippen molar-refractivity contribution in [2.24, 2.45) is 0 Å². The molecule has 1 aliphatic heterocycles. The van der Waals surface area contributed by atoms with Crippen molar-refractivity contribution in [2.45, 2.75) is 13.0 Å². The van der Waals surface area contributed by atoms with Crippen LogP contribution in [0.25, 0.3) is 10.8 Å². The number of hydrogen-bond donors (Lipinski definition) is 1. The third-order valence-electron chi connectivity index (χ3n) is 5.29. The number of pyridine rings is 1. The van der Waals surface area contributed by atoms with Crippen molar-refractivity contribution >= 4 is 39.8 Å². The summed E-state index contributed by atoms with van der Waals surface area (Å²) in [5.41, 5.74) is 0.833. The predicted octanol–water partition coefficient (Wildman–Crippen LogP) is 4.04. The van der Waals surface area contributed by atoms with Crippen molar-refractivity contribution in [2.75, 3.05) is 36.4 Å². The fraction of sp³-hybridized carbons (Fsp3) is 0.273. The molecule has 2 heterocycles. The van der Waals surface area contributed by atoms with Crippen molar-refractivity contribution < 1.29 is 4.79 Å². The summed E-state index contributed by atoms with van der Waals surface area (Å²) in [4.78, 5) is 21.6. The summed E-state index contributed by atoms with van der Waals surface area (Å²) in [6.45, 7) is 5.27. The van der Waals surface area contributed by atoms with Crippen LogP contribution in [0, 0.1) is 0 Å². The van der Waals surface area contributed by atoms with Crippen LogP contribution in [0.5, 0.6) is 0 Å². The Kier molecular flexibility index (Phi) is 5.46. The lowest BCUT2D eigenvalue weighted by atomic mass is 10.1. The van der Waals surface area contributed by atoms with Gasteiger partial charge in [0.05, 0.1) is 11.1 Å². The van der Waals surface area contributed by atoms with Gasteiger partial charge in [0.15, 0.2) is 0 Å². The second-order valence-corrected chi connectivity index (χ2v) is 7.52. The summed E-state index contributed by atoms with van der Waals surface area (Å²) in [5, 5.41) is 5.99. The van der Waals surface area contributed by atoms with Gasteiger partial charge in [0, 0.05) is 38.1 Å². The van der Waals surface area contributed by atoms with E-state index in [2.05, 4.69) is 32.2 Å². The first-order valence-corrected chi connectivity index (χ1v) is 9.88. The maximum absolute atomic E-state index is 12.7. The van der Waals surface area contributed by atoms with Crippen LogP contribution in [0.3, 0.4) is 0 Å². The molecule has 5 nitrogen and oxygen atoms in total. The standard InChI is InChI=1S/C22H23ClN4O/c1-16(22(28)25-20-8-6-17-4-2-3-5-18(17)14-20)26-10-12-27(13-11-26)21-9-7-19(23)15-24-21/h2-9,14-16H,10-13H2,1H3,(H,25,28). The lowest BCUT2D eigenvalue weighted by molar-refractivity contribution is -0.120. The first kappa shape index (κ1) is 18.7. The molecule has 4 rings (SSSR count). The number of halogens is 1. The van der Waals surface area contributed by atoms with E-state index in [0.29, 0.717) is 5.02 Å². The molecule has 1 aromatic heterocycles. The van der Waals surface area contributed by atoms with Crippen LogP contribution in [0.15, 0.2) is 60.8 Å². The molecule has 144 valence electrons. The maximum atomic E-state index is 12.7. The van der Waals surface area contributed by atoms with Crippen LogP contribution in [0.1, 0.15) is 6.92 Å². The third-order valence-corrected chi connectivity index (χ3v) is 5.52. The van der Waals surface area contributed by atoms with Gasteiger partial charge < -0.3 is 10.2 Å². The topological polar surface area (TPSA) is 48.5 Å². The van der Waals surface area contributed by atoms with E-state index in [1.165, 1.54) is 5.39 Å². The Morgan fingerprint density at radius 1 is 1.04 bits per heavy atom. The summed E-state index contributed by atoms with van der Waals surface area (Å²) in [6, 6.07) is 17.8. The number of carbonyl (C=O) groups is 1. The summed E-state index contributed by atoms with van der Waals surface area (Å²) >= 11 is 5.92. The number of aromatic nitrogens is 1. The van der Waals surface area contributed by atoms with Gasteiger partial charge in [0.1, 0.15) is 5.82 Å². The summed E-state index contributed by atoms with van der Waals surface area (Å²) in [5.74, 6) is 0.950. The molecule has 0 aliphatic carbocycles. The average molecular weight is 395 g/mol. The van der Waals surface area contributed by atoms with Crippen molar-refractivity contribution in [3.05, 3.63) is 65.8 Å². The predicted molar refractivity (Wildman–Crippen MR) is 115 cm³/mol. The lowest BCUT2D eigenvalue weighted by Gasteiger charge is -2.38. The summed E-state index contributed by atoms with van der Waals surface area (Å²) < 4.78 is 0. The fourth-order valence-electron chi connectivity index (χ4n) is 3.57. The van der Waals surface area contributed by atoms with Crippen molar-refractivity contribution in [3.63, 3.8) is 0 Å². The van der Waals surface area contributed by atoms with Gasteiger partial charge >= 0.3 is 0 Å². The van der Waals surface area contributed by atoms with Crippen LogP contribution in [-0.2, 0) is 4.79 Å². The molecule has 1 fully saturated rings. The molecule has 1 saturated heterocycles. The van der Waals surface area contributed by atoms with Crippen LogP contribution < -0.4 is 10.2 Å². The van der Waals surface area contributed by atoms with Crippen LogP contribution in [0.4, 0.5) is 11.5 Å². The van der Waals surface area contributed by atoms with E-state index in [9.17, 15) is 4.79 Å². The summed E-state index contributed by atoms with van der Waals surface area (Å²) in [7, 11) is 0. The van der Waals surface area contributed by atoms with Crippen molar-refractivity contribution in [1.29, 1.82) is 0 Å². The second-order valence-electron chi connectivity index (χ2n) is 7.08. The Hall–Kier alpha value is -2.63. The van der Waals surface area contributed by atoms with E-state index >= 15 is 0 Å². The number of nitrogens with one attached hydrogen (secondary N) is 1. The van der Waals surface area contributed by atoms with Gasteiger partial charge in [-0.05, 0) is 42.0 Å². The Bertz CT molecular complexity index is 968. The van der Waals surface area contributed by atoms with E-state index in [1.54, 1.807) is 6.20 Å². The molecule has 1 amide bonds. The molecule has 1 aliphatic rings. The number of piperazine rings is 1. The fourth-order valence-corrected chi connectivity index (χ4v) is 3.68. The lowest BCUT2D eigenvalue weighted by Crippen LogP contribution is -2.53. The molecular formula is C22H23ClN4O. The van der Waals surface area contributed by atoms with Crippen molar-refractivity contribution in [3.8, 4) is 0 Å². The third kappa shape index (κ3) is 4.11. The van der Waals surface area contributed by atoms with Gasteiger partial charge in [-0.2, -0.15) is 0 Å². The SMILES string of the molecule is CC(C(=O)Nc1ccc2ccccc2c1)N1CCN(c2ccc(Cl)cn2)CC1. The molecule has 0 saturated carbocycles. The van der Waals surface area contributed by atoms with E-state index in [0.717, 1.165) is 43.1 Å². The van der Waals surface area contributed by atoms with Gasteiger partial charge in [0.25, 0.3) is 0 Å². The highest BCUT2D eigenvalue weighted by molar-refractivity contribution is 6.30. The maximum Gasteiger partial charge on any atom is 0.241 e. The van der Waals surface area contributed by atoms with Gasteiger partial charge in [-0.3, -0.25) is 9.69 Å². The molecular weight excluding hydrogens is 372 g/mol. The van der Waals surface area contributed by atoms with Gasteiger partial charge in [-0.1, -0.05) is 41.9 Å². The highest BCUT2D eigenvalue weighted by atomic mass is 35.5. The molecule has 0 bridgehead atoms. The van der Waals surface area contributed by atoms with E-state index in [-0.39, 0.29) is 11.9 Å². The molecule has 0 radical (unpaired) electrons. The normalized spacial score (nSPS) is 16.1. The number of carbonyl (C=O) groups excluding carboxylic acids is 1. The van der Waals surface area contributed by atoms with Crippen molar-refractivity contribution in [1.82, 2.24) is 9.88 Å². The highest BCUT2D eigenvalue weighted by Crippen LogP contribution is 2.20. The number of hydrogen-bond acceptors (Lipinski definition) is 4. The van der Waals surface area contributed by atoms with Crippen LogP contribution >= 0.6 is 11.6 Å². The zero-order chi connectivity index (χ0) is 19.5. The minimum absolute atomic E-state index is 0.0216. The number of amides is 1. The number of nitrogens with zero attached hydrogens (tertiary/aromatic N) is 3. The minimum Gasteiger partial charge on any atom is -0.354 e. The zero-order valence-electron chi connectivity index (χ0n) is 15.8. The monoisotopic (exact) mass is 394 g/mol. The van der Waals surface area contributed by atoms with Crippen LogP contribution in [-0.4, -0.2) is 48.0 Å². The Morgan fingerprint density at radius 2 is 1.79 bits per heavy atom. The second kappa shape index (κ2) is 8.17. The Morgan fingerprint density at radius 3 is 2.50 bits per heavy atom. The first-order valence-electron chi connectivity index (χ1n) is 9.50. The molecule has 1 atom stereocenters. The number of benzene rings is 2.